The van der Waals surface area contributed by atoms with Crippen molar-refractivity contribution in [3.63, 3.8) is 0 Å². The lowest BCUT2D eigenvalue weighted by molar-refractivity contribution is -0.130. The van der Waals surface area contributed by atoms with Gasteiger partial charge in [0.1, 0.15) is 0 Å². The van der Waals surface area contributed by atoms with Gasteiger partial charge in [-0.3, -0.25) is 14.5 Å². The summed E-state index contributed by atoms with van der Waals surface area (Å²) in [5, 5.41) is 2.93. The third-order valence-electron chi connectivity index (χ3n) is 3.19. The highest BCUT2D eigenvalue weighted by atomic mass is 16.2. The molecule has 1 saturated carbocycles. The molecule has 0 heterocycles. The van der Waals surface area contributed by atoms with Gasteiger partial charge in [0.15, 0.2) is 0 Å². The first kappa shape index (κ1) is 15.9. The van der Waals surface area contributed by atoms with Gasteiger partial charge in [0.05, 0.1) is 6.54 Å². The van der Waals surface area contributed by atoms with Crippen LogP contribution in [0.3, 0.4) is 0 Å². The topological polar surface area (TPSA) is 78.7 Å². The predicted molar refractivity (Wildman–Crippen MR) is 74.6 cm³/mol. The van der Waals surface area contributed by atoms with Crippen LogP contribution in [0.1, 0.15) is 25.7 Å². The van der Waals surface area contributed by atoms with Crippen LogP contribution in [0.25, 0.3) is 0 Å². The average molecular weight is 270 g/mol. The van der Waals surface area contributed by atoms with E-state index in [-0.39, 0.29) is 11.8 Å². The fourth-order valence-electron chi connectivity index (χ4n) is 1.76. The summed E-state index contributed by atoms with van der Waals surface area (Å²) >= 11 is 0. The Balaban J connectivity index is 2.11. The third-order valence-corrected chi connectivity index (χ3v) is 3.19. The molecule has 0 saturated heterocycles. The molecule has 1 aliphatic rings. The number of carbonyl (C=O) groups excluding carboxylic acids is 2. The highest BCUT2D eigenvalue weighted by Gasteiger charge is 2.23. The van der Waals surface area contributed by atoms with E-state index < -0.39 is 0 Å². The summed E-state index contributed by atoms with van der Waals surface area (Å²) in [6.07, 6.45) is 3.45. The minimum absolute atomic E-state index is 0.0499. The number of nitrogens with one attached hydrogen (secondary N) is 1. The monoisotopic (exact) mass is 270 g/mol. The second kappa shape index (κ2) is 8.12. The highest BCUT2D eigenvalue weighted by Crippen LogP contribution is 2.18. The van der Waals surface area contributed by atoms with Crippen molar-refractivity contribution < 1.29 is 9.59 Å². The maximum atomic E-state index is 11.8. The average Bonchev–Trinajstić information content (AvgIpc) is 3.16. The van der Waals surface area contributed by atoms with Gasteiger partial charge in [0.25, 0.3) is 0 Å². The van der Waals surface area contributed by atoms with Crippen LogP contribution in [0.4, 0.5) is 0 Å². The fourth-order valence-corrected chi connectivity index (χ4v) is 1.76. The number of nitrogens with two attached hydrogens (primary N) is 1. The summed E-state index contributed by atoms with van der Waals surface area (Å²) in [6, 6.07) is 0.393. The molecule has 0 radical (unpaired) electrons. The first-order chi connectivity index (χ1) is 9.02. The van der Waals surface area contributed by atoms with E-state index in [1.165, 1.54) is 0 Å². The summed E-state index contributed by atoms with van der Waals surface area (Å²) in [4.78, 5) is 26.9. The molecule has 6 nitrogen and oxygen atoms in total. The molecule has 0 spiro atoms. The Morgan fingerprint density at radius 1 is 1.26 bits per heavy atom. The van der Waals surface area contributed by atoms with Crippen molar-refractivity contribution in [1.29, 1.82) is 0 Å². The molecular weight excluding hydrogens is 244 g/mol. The number of hydrogen-bond donors (Lipinski definition) is 2. The van der Waals surface area contributed by atoms with Crippen LogP contribution in [0.15, 0.2) is 0 Å². The minimum Gasteiger partial charge on any atom is -0.352 e. The van der Waals surface area contributed by atoms with E-state index in [1.807, 2.05) is 11.9 Å². The number of likely N-dealkylation sites (N-methyl/N-ethyl adjacent to an activating group) is 1. The second-order valence-electron chi connectivity index (χ2n) is 5.29. The number of rotatable bonds is 9. The fraction of sp³-hybridized carbons (Fsp3) is 0.846. The van der Waals surface area contributed by atoms with Gasteiger partial charge in [-0.05, 0) is 32.9 Å². The van der Waals surface area contributed by atoms with Crippen LogP contribution in [0.5, 0.6) is 0 Å². The smallest absolute Gasteiger partial charge is 0.234 e. The van der Waals surface area contributed by atoms with Crippen molar-refractivity contribution >= 4 is 11.8 Å². The van der Waals surface area contributed by atoms with Crippen LogP contribution >= 0.6 is 0 Å². The number of hydrogen-bond acceptors (Lipinski definition) is 4. The summed E-state index contributed by atoms with van der Waals surface area (Å²) in [5.74, 6) is 0.150. The summed E-state index contributed by atoms with van der Waals surface area (Å²) in [7, 11) is 3.65. The van der Waals surface area contributed by atoms with Crippen LogP contribution in [-0.2, 0) is 9.59 Å². The quantitative estimate of drug-likeness (QED) is 0.586. The Hall–Kier alpha value is -1.14. The maximum Gasteiger partial charge on any atom is 0.234 e. The minimum atomic E-state index is 0.0499. The van der Waals surface area contributed by atoms with Crippen LogP contribution in [-0.4, -0.2) is 67.9 Å². The Morgan fingerprint density at radius 3 is 2.53 bits per heavy atom. The first-order valence-electron chi connectivity index (χ1n) is 6.95. The Bertz CT molecular complexity index is 305. The number of nitrogens with zero attached hydrogens (tertiary/aromatic N) is 2. The summed E-state index contributed by atoms with van der Waals surface area (Å²) in [6.45, 7) is 2.25. The molecule has 6 heteroatoms. The van der Waals surface area contributed by atoms with Crippen molar-refractivity contribution in [2.75, 3.05) is 40.3 Å². The van der Waals surface area contributed by atoms with E-state index in [0.29, 0.717) is 38.6 Å². The van der Waals surface area contributed by atoms with Gasteiger partial charge in [-0.25, -0.2) is 0 Å². The zero-order valence-electron chi connectivity index (χ0n) is 12.0. The van der Waals surface area contributed by atoms with E-state index >= 15 is 0 Å². The first-order valence-corrected chi connectivity index (χ1v) is 6.95. The van der Waals surface area contributed by atoms with E-state index in [9.17, 15) is 9.59 Å². The van der Waals surface area contributed by atoms with Crippen LogP contribution < -0.4 is 11.1 Å². The van der Waals surface area contributed by atoms with Gasteiger partial charge >= 0.3 is 0 Å². The van der Waals surface area contributed by atoms with Crippen LogP contribution in [0, 0.1) is 0 Å². The molecule has 0 aromatic carbocycles. The van der Waals surface area contributed by atoms with E-state index in [4.69, 9.17) is 5.73 Å². The molecule has 0 atom stereocenters. The zero-order valence-corrected chi connectivity index (χ0v) is 12.0. The summed E-state index contributed by atoms with van der Waals surface area (Å²) < 4.78 is 0. The van der Waals surface area contributed by atoms with Gasteiger partial charge in [-0.1, -0.05) is 0 Å². The van der Waals surface area contributed by atoms with Crippen molar-refractivity contribution in [3.8, 4) is 0 Å². The molecule has 0 aromatic rings. The Kier molecular flexibility index (Phi) is 6.80. The number of carbonyl (C=O) groups is 2. The molecule has 0 aliphatic heterocycles. The van der Waals surface area contributed by atoms with E-state index in [0.717, 1.165) is 19.3 Å². The van der Waals surface area contributed by atoms with Gasteiger partial charge in [0, 0.05) is 32.6 Å². The maximum absolute atomic E-state index is 11.8. The lowest BCUT2D eigenvalue weighted by Crippen LogP contribution is -2.38. The molecule has 1 rings (SSSR count). The van der Waals surface area contributed by atoms with Gasteiger partial charge < -0.3 is 16.0 Å². The standard InChI is InChI=1S/C13H26N4O2/c1-16(10-12(18)15-11-4-5-11)9-6-13(19)17(2)8-3-7-14/h11H,3-10,14H2,1-2H3,(H,15,18). The van der Waals surface area contributed by atoms with Crippen LogP contribution in [0.2, 0.25) is 0 Å². The molecule has 110 valence electrons. The van der Waals surface area contributed by atoms with Crippen molar-refractivity contribution in [1.82, 2.24) is 15.1 Å². The molecule has 3 N–H and O–H groups in total. The van der Waals surface area contributed by atoms with Gasteiger partial charge in [0.2, 0.25) is 11.8 Å². The van der Waals surface area contributed by atoms with Crippen molar-refractivity contribution in [2.45, 2.75) is 31.7 Å². The Morgan fingerprint density at radius 2 is 1.95 bits per heavy atom. The van der Waals surface area contributed by atoms with Gasteiger partial charge in [-0.2, -0.15) is 0 Å². The van der Waals surface area contributed by atoms with Gasteiger partial charge in [-0.15, -0.1) is 0 Å². The largest absolute Gasteiger partial charge is 0.352 e. The normalized spacial score (nSPS) is 14.5. The lowest BCUT2D eigenvalue weighted by Gasteiger charge is -2.20. The molecule has 1 fully saturated rings. The highest BCUT2D eigenvalue weighted by molar-refractivity contribution is 5.79. The lowest BCUT2D eigenvalue weighted by atomic mass is 10.3. The molecular formula is C13H26N4O2. The van der Waals surface area contributed by atoms with E-state index in [2.05, 4.69) is 5.32 Å². The van der Waals surface area contributed by atoms with Crippen molar-refractivity contribution in [3.05, 3.63) is 0 Å². The SMILES string of the molecule is CN(CCC(=O)N(C)CCCN)CC(=O)NC1CC1. The molecule has 0 unspecified atom stereocenters. The third kappa shape index (κ3) is 7.12. The van der Waals surface area contributed by atoms with E-state index in [1.54, 1.807) is 11.9 Å². The Labute approximate surface area is 115 Å². The summed E-state index contributed by atoms with van der Waals surface area (Å²) in [5.41, 5.74) is 5.41. The zero-order chi connectivity index (χ0) is 14.3. The molecule has 2 amide bonds. The molecule has 1 aliphatic carbocycles. The molecule has 19 heavy (non-hydrogen) atoms. The number of amides is 2. The second-order valence-corrected chi connectivity index (χ2v) is 5.29. The molecule has 0 bridgehead atoms. The predicted octanol–water partition coefficient (Wildman–Crippen LogP) is -0.606. The van der Waals surface area contributed by atoms with Crippen molar-refractivity contribution in [2.24, 2.45) is 5.73 Å². The molecule has 0 aromatic heterocycles.